The van der Waals surface area contributed by atoms with Crippen LogP contribution in [0.3, 0.4) is 0 Å². The molecule has 0 fully saturated rings. The summed E-state index contributed by atoms with van der Waals surface area (Å²) in [6.07, 6.45) is 3.89. The summed E-state index contributed by atoms with van der Waals surface area (Å²) in [6.45, 7) is 0.763. The van der Waals surface area contributed by atoms with E-state index in [0.29, 0.717) is 5.95 Å². The number of nitrogens with one attached hydrogen (secondary N) is 1. The van der Waals surface area contributed by atoms with Crippen LogP contribution in [-0.4, -0.2) is 33.8 Å². The minimum absolute atomic E-state index is 0.646. The summed E-state index contributed by atoms with van der Waals surface area (Å²) in [7, 11) is 5.79. The molecular weight excluding hydrogens is 272 g/mol. The van der Waals surface area contributed by atoms with Gasteiger partial charge in [-0.3, -0.25) is 4.68 Å². The van der Waals surface area contributed by atoms with Crippen LogP contribution in [0.1, 0.15) is 5.56 Å². The van der Waals surface area contributed by atoms with Gasteiger partial charge >= 0.3 is 0 Å². The average Bonchev–Trinajstić information content (AvgIpc) is 3.06. The van der Waals surface area contributed by atoms with Crippen molar-refractivity contribution in [3.05, 3.63) is 29.4 Å². The van der Waals surface area contributed by atoms with Crippen LogP contribution in [0.4, 0.5) is 11.8 Å². The quantitative estimate of drug-likeness (QED) is 0.796. The molecule has 0 amide bonds. The van der Waals surface area contributed by atoms with E-state index in [1.54, 1.807) is 11.3 Å². The van der Waals surface area contributed by atoms with Gasteiger partial charge in [-0.2, -0.15) is 10.1 Å². The summed E-state index contributed by atoms with van der Waals surface area (Å²) in [5.41, 5.74) is 1.16. The third kappa shape index (κ3) is 2.32. The number of nitrogens with zero attached hydrogens (tertiary/aromatic N) is 5. The second-order valence-electron chi connectivity index (χ2n) is 4.64. The molecule has 0 spiro atoms. The van der Waals surface area contributed by atoms with Crippen LogP contribution in [0.2, 0.25) is 0 Å². The van der Waals surface area contributed by atoms with Crippen LogP contribution in [0.15, 0.2) is 23.8 Å². The molecule has 0 unspecified atom stereocenters. The molecule has 104 valence electrons. The highest BCUT2D eigenvalue weighted by molar-refractivity contribution is 7.16. The monoisotopic (exact) mass is 288 g/mol. The molecule has 0 atom stereocenters. The molecule has 7 heteroatoms. The van der Waals surface area contributed by atoms with Crippen molar-refractivity contribution in [3.63, 3.8) is 0 Å². The van der Waals surface area contributed by atoms with Crippen LogP contribution >= 0.6 is 11.3 Å². The van der Waals surface area contributed by atoms with Gasteiger partial charge in [0.15, 0.2) is 0 Å². The van der Waals surface area contributed by atoms with E-state index in [1.165, 1.54) is 0 Å². The first-order valence-electron chi connectivity index (χ1n) is 6.29. The van der Waals surface area contributed by atoms with Crippen molar-refractivity contribution in [2.45, 2.75) is 6.54 Å². The number of aromatic nitrogens is 4. The van der Waals surface area contributed by atoms with Gasteiger partial charge in [-0.25, -0.2) is 4.98 Å². The fourth-order valence-electron chi connectivity index (χ4n) is 2.14. The van der Waals surface area contributed by atoms with Gasteiger partial charge in [-0.05, 0) is 11.4 Å². The molecule has 0 aliphatic carbocycles. The van der Waals surface area contributed by atoms with Gasteiger partial charge in [0.1, 0.15) is 10.6 Å². The summed E-state index contributed by atoms with van der Waals surface area (Å²) in [4.78, 5) is 12.2. The SMILES string of the molecule is CNc1nc(N(C)Cc2cnn(C)c2)c2ccsc2n1. The maximum Gasteiger partial charge on any atom is 0.225 e. The molecule has 6 nitrogen and oxygen atoms in total. The van der Waals surface area contributed by atoms with Crippen molar-refractivity contribution in [1.82, 2.24) is 19.7 Å². The molecule has 0 bridgehead atoms. The third-order valence-corrected chi connectivity index (χ3v) is 3.87. The third-order valence-electron chi connectivity index (χ3n) is 3.07. The Morgan fingerprint density at radius 1 is 1.40 bits per heavy atom. The molecule has 0 radical (unpaired) electrons. The zero-order valence-corrected chi connectivity index (χ0v) is 12.5. The standard InChI is InChI=1S/C13H16N6S/c1-14-13-16-11(10-4-5-20-12(10)17-13)18(2)7-9-6-15-19(3)8-9/h4-6,8H,7H2,1-3H3,(H,14,16,17). The second-order valence-corrected chi connectivity index (χ2v) is 5.53. The van der Waals surface area contributed by atoms with Crippen LogP contribution < -0.4 is 10.2 Å². The van der Waals surface area contributed by atoms with E-state index in [-0.39, 0.29) is 0 Å². The fraction of sp³-hybridized carbons (Fsp3) is 0.308. The maximum atomic E-state index is 4.58. The first-order valence-corrected chi connectivity index (χ1v) is 7.17. The lowest BCUT2D eigenvalue weighted by Crippen LogP contribution is -2.18. The van der Waals surface area contributed by atoms with E-state index in [2.05, 4.69) is 31.3 Å². The Bertz CT molecular complexity index is 731. The molecule has 3 heterocycles. The van der Waals surface area contributed by atoms with E-state index < -0.39 is 0 Å². The highest BCUT2D eigenvalue weighted by Gasteiger charge is 2.13. The average molecular weight is 288 g/mol. The second kappa shape index (κ2) is 5.09. The van der Waals surface area contributed by atoms with E-state index in [1.807, 2.05) is 43.6 Å². The summed E-state index contributed by atoms with van der Waals surface area (Å²) in [5, 5.41) is 10.3. The van der Waals surface area contributed by atoms with Crippen molar-refractivity contribution in [3.8, 4) is 0 Å². The molecule has 0 saturated heterocycles. The lowest BCUT2D eigenvalue weighted by Gasteiger charge is -2.18. The predicted octanol–water partition coefficient (Wildman–Crippen LogP) is 2.10. The molecule has 3 aromatic heterocycles. The van der Waals surface area contributed by atoms with E-state index in [4.69, 9.17) is 0 Å². The minimum Gasteiger partial charge on any atom is -0.357 e. The number of anilines is 2. The Labute approximate surface area is 121 Å². The zero-order valence-electron chi connectivity index (χ0n) is 11.7. The summed E-state index contributed by atoms with van der Waals surface area (Å²) in [5.74, 6) is 1.58. The summed E-state index contributed by atoms with van der Waals surface area (Å²) < 4.78 is 1.81. The molecule has 3 aromatic rings. The van der Waals surface area contributed by atoms with E-state index >= 15 is 0 Å². The molecule has 20 heavy (non-hydrogen) atoms. The number of fused-ring (bicyclic) bond motifs is 1. The van der Waals surface area contributed by atoms with Gasteiger partial charge in [0.05, 0.1) is 11.6 Å². The van der Waals surface area contributed by atoms with Crippen LogP contribution in [0, 0.1) is 0 Å². The highest BCUT2D eigenvalue weighted by atomic mass is 32.1. The lowest BCUT2D eigenvalue weighted by atomic mass is 10.3. The van der Waals surface area contributed by atoms with Crippen LogP contribution in [-0.2, 0) is 13.6 Å². The lowest BCUT2D eigenvalue weighted by molar-refractivity contribution is 0.766. The van der Waals surface area contributed by atoms with Crippen molar-refractivity contribution < 1.29 is 0 Å². The van der Waals surface area contributed by atoms with E-state index in [0.717, 1.165) is 28.1 Å². The first kappa shape index (κ1) is 12.9. The van der Waals surface area contributed by atoms with Gasteiger partial charge in [-0.15, -0.1) is 11.3 Å². The first-order chi connectivity index (χ1) is 9.67. The molecule has 0 aliphatic heterocycles. The Balaban J connectivity index is 1.97. The maximum absolute atomic E-state index is 4.58. The number of rotatable bonds is 4. The van der Waals surface area contributed by atoms with Gasteiger partial charge in [-0.1, -0.05) is 0 Å². The predicted molar refractivity (Wildman–Crippen MR) is 82.3 cm³/mol. The Morgan fingerprint density at radius 2 is 2.25 bits per heavy atom. The Hall–Kier alpha value is -2.15. The van der Waals surface area contributed by atoms with Crippen molar-refractivity contribution in [2.24, 2.45) is 7.05 Å². The number of hydrogen-bond acceptors (Lipinski definition) is 6. The molecule has 3 rings (SSSR count). The van der Waals surface area contributed by atoms with Gasteiger partial charge in [0.25, 0.3) is 0 Å². The topological polar surface area (TPSA) is 58.9 Å². The molecule has 1 N–H and O–H groups in total. The largest absolute Gasteiger partial charge is 0.357 e. The van der Waals surface area contributed by atoms with Gasteiger partial charge in [0.2, 0.25) is 5.95 Å². The van der Waals surface area contributed by atoms with E-state index in [9.17, 15) is 0 Å². The summed E-state index contributed by atoms with van der Waals surface area (Å²) in [6, 6.07) is 2.06. The highest BCUT2D eigenvalue weighted by Crippen LogP contribution is 2.29. The van der Waals surface area contributed by atoms with Gasteiger partial charge < -0.3 is 10.2 Å². The van der Waals surface area contributed by atoms with Gasteiger partial charge in [0, 0.05) is 39.4 Å². The zero-order chi connectivity index (χ0) is 14.1. The molecule has 0 aromatic carbocycles. The minimum atomic E-state index is 0.646. The Morgan fingerprint density at radius 3 is 2.95 bits per heavy atom. The summed E-state index contributed by atoms with van der Waals surface area (Å²) >= 11 is 1.62. The molecule has 0 aliphatic rings. The smallest absolute Gasteiger partial charge is 0.225 e. The van der Waals surface area contributed by atoms with Crippen molar-refractivity contribution >= 4 is 33.3 Å². The Kier molecular flexibility index (Phi) is 3.27. The van der Waals surface area contributed by atoms with Crippen LogP contribution in [0.5, 0.6) is 0 Å². The number of thiophene rings is 1. The fourth-order valence-corrected chi connectivity index (χ4v) is 2.90. The normalized spacial score (nSPS) is 10.9. The number of hydrogen-bond donors (Lipinski definition) is 1. The van der Waals surface area contributed by atoms with Crippen molar-refractivity contribution in [1.29, 1.82) is 0 Å². The van der Waals surface area contributed by atoms with Crippen molar-refractivity contribution in [2.75, 3.05) is 24.3 Å². The molecular formula is C13H16N6S. The van der Waals surface area contributed by atoms with Crippen LogP contribution in [0.25, 0.3) is 10.2 Å². The number of aryl methyl sites for hydroxylation is 1. The molecule has 0 saturated carbocycles.